The summed E-state index contributed by atoms with van der Waals surface area (Å²) in [6.07, 6.45) is -0.281. The van der Waals surface area contributed by atoms with Crippen LogP contribution in [0.4, 0.5) is 9.18 Å². The molecule has 23 heavy (non-hydrogen) atoms. The lowest BCUT2D eigenvalue weighted by atomic mass is 10.1. The highest BCUT2D eigenvalue weighted by Gasteiger charge is 2.31. The van der Waals surface area contributed by atoms with E-state index in [1.165, 1.54) is 6.07 Å². The average Bonchev–Trinajstić information content (AvgIpc) is 2.41. The van der Waals surface area contributed by atoms with Crippen molar-refractivity contribution in [3.05, 3.63) is 34.1 Å². The lowest BCUT2D eigenvalue weighted by molar-refractivity contribution is 0.000416. The normalized spacial score (nSPS) is 19.7. The van der Waals surface area contributed by atoms with Crippen LogP contribution in [-0.4, -0.2) is 47.2 Å². The van der Waals surface area contributed by atoms with E-state index in [0.717, 1.165) is 4.47 Å². The number of rotatable bonds is 2. The molecule has 1 atom stereocenters. The molecule has 4 nitrogen and oxygen atoms in total. The van der Waals surface area contributed by atoms with Gasteiger partial charge in [-0.05, 0) is 39.8 Å². The Morgan fingerprint density at radius 2 is 2.09 bits per heavy atom. The lowest BCUT2D eigenvalue weighted by Gasteiger charge is -2.40. The highest BCUT2D eigenvalue weighted by atomic mass is 79.9. The number of hydrogen-bond donors (Lipinski definition) is 0. The van der Waals surface area contributed by atoms with Crippen LogP contribution >= 0.6 is 15.9 Å². The molecule has 1 aliphatic heterocycles. The number of nitrogens with zero attached hydrogens (tertiary/aromatic N) is 2. The fraction of sp³-hybridized carbons (Fsp3) is 0.588. The monoisotopic (exact) mass is 386 g/mol. The van der Waals surface area contributed by atoms with Crippen LogP contribution in [0.15, 0.2) is 22.7 Å². The van der Waals surface area contributed by atoms with E-state index in [9.17, 15) is 9.18 Å². The van der Waals surface area contributed by atoms with Crippen LogP contribution in [-0.2, 0) is 11.3 Å². The molecular formula is C17H24BrFN2O2. The van der Waals surface area contributed by atoms with Gasteiger partial charge in [-0.3, -0.25) is 4.90 Å². The second-order valence-corrected chi connectivity index (χ2v) is 7.81. The van der Waals surface area contributed by atoms with Gasteiger partial charge < -0.3 is 9.64 Å². The smallest absolute Gasteiger partial charge is 0.410 e. The number of benzene rings is 1. The van der Waals surface area contributed by atoms with Gasteiger partial charge in [-0.2, -0.15) is 0 Å². The van der Waals surface area contributed by atoms with E-state index < -0.39 is 5.60 Å². The number of amides is 1. The first-order valence-corrected chi connectivity index (χ1v) is 8.61. The number of ether oxygens (including phenoxy) is 1. The summed E-state index contributed by atoms with van der Waals surface area (Å²) in [4.78, 5) is 16.1. The summed E-state index contributed by atoms with van der Waals surface area (Å²) in [7, 11) is 0. The standard InChI is InChI=1S/C17H24BrFN2O2/c1-12-10-20(11-13-14(18)6-5-7-15(13)19)8-9-21(12)16(22)23-17(2,3)4/h5-7,12H,8-11H2,1-4H3/t12-/m1/s1. The molecule has 0 bridgehead atoms. The second-order valence-electron chi connectivity index (χ2n) is 6.96. The van der Waals surface area contributed by atoms with E-state index >= 15 is 0 Å². The highest BCUT2D eigenvalue weighted by molar-refractivity contribution is 9.10. The largest absolute Gasteiger partial charge is 0.444 e. The van der Waals surface area contributed by atoms with Gasteiger partial charge in [0.05, 0.1) is 0 Å². The van der Waals surface area contributed by atoms with Crippen LogP contribution in [0.3, 0.4) is 0 Å². The second kappa shape index (κ2) is 7.18. The zero-order valence-corrected chi connectivity index (χ0v) is 15.7. The minimum Gasteiger partial charge on any atom is -0.444 e. The highest BCUT2D eigenvalue weighted by Crippen LogP contribution is 2.23. The SMILES string of the molecule is C[C@@H]1CN(Cc2c(F)cccc2Br)CCN1C(=O)OC(C)(C)C. The van der Waals surface area contributed by atoms with Gasteiger partial charge in [-0.25, -0.2) is 9.18 Å². The summed E-state index contributed by atoms with van der Waals surface area (Å²) < 4.78 is 20.2. The average molecular weight is 387 g/mol. The molecule has 1 fully saturated rings. The van der Waals surface area contributed by atoms with Crippen molar-refractivity contribution in [1.29, 1.82) is 0 Å². The Hall–Kier alpha value is -1.14. The Bertz CT molecular complexity index is 554. The maximum absolute atomic E-state index is 14.0. The fourth-order valence-corrected chi connectivity index (χ4v) is 3.14. The summed E-state index contributed by atoms with van der Waals surface area (Å²) in [5, 5.41) is 0. The molecule has 1 amide bonds. The molecule has 128 valence electrons. The number of piperazine rings is 1. The van der Waals surface area contributed by atoms with E-state index in [-0.39, 0.29) is 18.0 Å². The first-order chi connectivity index (χ1) is 10.7. The number of hydrogen-bond acceptors (Lipinski definition) is 3. The van der Waals surface area contributed by atoms with Gasteiger partial charge >= 0.3 is 6.09 Å². The van der Waals surface area contributed by atoms with E-state index in [2.05, 4.69) is 20.8 Å². The molecule has 0 unspecified atom stereocenters. The molecule has 1 aliphatic rings. The topological polar surface area (TPSA) is 32.8 Å². The van der Waals surface area contributed by atoms with Gasteiger partial charge in [0.25, 0.3) is 0 Å². The van der Waals surface area contributed by atoms with Crippen molar-refractivity contribution in [2.24, 2.45) is 0 Å². The maximum atomic E-state index is 14.0. The van der Waals surface area contributed by atoms with Gasteiger partial charge in [0.15, 0.2) is 0 Å². The summed E-state index contributed by atoms with van der Waals surface area (Å²) in [6.45, 7) is 10.1. The molecule has 0 N–H and O–H groups in total. The van der Waals surface area contributed by atoms with Gasteiger partial charge in [0.1, 0.15) is 11.4 Å². The quantitative estimate of drug-likeness (QED) is 0.768. The molecule has 1 saturated heterocycles. The third kappa shape index (κ3) is 4.91. The molecule has 1 aromatic carbocycles. The van der Waals surface area contributed by atoms with Crippen LogP contribution in [0.2, 0.25) is 0 Å². The Kier molecular flexibility index (Phi) is 5.68. The van der Waals surface area contributed by atoms with Crippen LogP contribution in [0.25, 0.3) is 0 Å². The van der Waals surface area contributed by atoms with Gasteiger partial charge in [-0.15, -0.1) is 0 Å². The van der Waals surface area contributed by atoms with Crippen LogP contribution in [0.1, 0.15) is 33.3 Å². The van der Waals surface area contributed by atoms with Crippen LogP contribution in [0, 0.1) is 5.82 Å². The lowest BCUT2D eigenvalue weighted by Crippen LogP contribution is -2.54. The van der Waals surface area contributed by atoms with E-state index in [0.29, 0.717) is 31.7 Å². The van der Waals surface area contributed by atoms with Gasteiger partial charge in [0, 0.05) is 42.3 Å². The van der Waals surface area contributed by atoms with E-state index in [1.807, 2.05) is 33.8 Å². The number of carbonyl (C=O) groups excluding carboxylic acids is 1. The number of carbonyl (C=O) groups is 1. The summed E-state index contributed by atoms with van der Waals surface area (Å²) in [5.41, 5.74) is 0.164. The zero-order valence-electron chi connectivity index (χ0n) is 14.1. The molecular weight excluding hydrogens is 363 g/mol. The Balaban J connectivity index is 1.97. The molecule has 6 heteroatoms. The molecule has 0 aliphatic carbocycles. The van der Waals surface area contributed by atoms with Crippen molar-refractivity contribution in [1.82, 2.24) is 9.80 Å². The zero-order chi connectivity index (χ0) is 17.2. The molecule has 2 rings (SSSR count). The summed E-state index contributed by atoms with van der Waals surface area (Å²) >= 11 is 3.41. The van der Waals surface area contributed by atoms with Gasteiger partial charge in [0.2, 0.25) is 0 Å². The first kappa shape index (κ1) is 18.2. The summed E-state index contributed by atoms with van der Waals surface area (Å²) in [6, 6.07) is 5.04. The Labute approximate surface area is 145 Å². The van der Waals surface area contributed by atoms with E-state index in [4.69, 9.17) is 4.74 Å². The third-order valence-electron chi connectivity index (χ3n) is 3.78. The molecule has 0 spiro atoms. The van der Waals surface area contributed by atoms with Crippen molar-refractivity contribution in [2.45, 2.75) is 45.9 Å². The molecule has 1 aromatic rings. The van der Waals surface area contributed by atoms with E-state index in [1.54, 1.807) is 11.0 Å². The van der Waals surface area contributed by atoms with Gasteiger partial charge in [-0.1, -0.05) is 22.0 Å². The molecule has 0 radical (unpaired) electrons. The minimum absolute atomic E-state index is 0.0316. The fourth-order valence-electron chi connectivity index (χ4n) is 2.68. The van der Waals surface area contributed by atoms with Crippen molar-refractivity contribution in [3.63, 3.8) is 0 Å². The summed E-state index contributed by atoms with van der Waals surface area (Å²) in [5.74, 6) is -0.207. The van der Waals surface area contributed by atoms with Crippen LogP contribution < -0.4 is 0 Å². The van der Waals surface area contributed by atoms with Crippen LogP contribution in [0.5, 0.6) is 0 Å². The Morgan fingerprint density at radius 3 is 2.65 bits per heavy atom. The number of halogens is 2. The molecule has 1 heterocycles. The Morgan fingerprint density at radius 1 is 1.39 bits per heavy atom. The van der Waals surface area contributed by atoms with Crippen molar-refractivity contribution >= 4 is 22.0 Å². The van der Waals surface area contributed by atoms with Crippen molar-refractivity contribution in [2.75, 3.05) is 19.6 Å². The predicted octanol–water partition coefficient (Wildman–Crippen LogP) is 4.03. The van der Waals surface area contributed by atoms with Crippen molar-refractivity contribution in [3.8, 4) is 0 Å². The molecule has 0 saturated carbocycles. The minimum atomic E-state index is -0.494. The predicted molar refractivity (Wildman–Crippen MR) is 91.8 cm³/mol. The first-order valence-electron chi connectivity index (χ1n) is 7.82. The molecule has 0 aromatic heterocycles. The third-order valence-corrected chi connectivity index (χ3v) is 4.53. The van der Waals surface area contributed by atoms with Crippen molar-refractivity contribution < 1.29 is 13.9 Å². The maximum Gasteiger partial charge on any atom is 0.410 e.